The van der Waals surface area contributed by atoms with Crippen LogP contribution in [-0.2, 0) is 0 Å². The Morgan fingerprint density at radius 2 is 2.09 bits per heavy atom. The molecule has 3 nitrogen and oxygen atoms in total. The minimum absolute atomic E-state index is 0.547. The van der Waals surface area contributed by atoms with Gasteiger partial charge >= 0.3 is 0 Å². The van der Waals surface area contributed by atoms with Crippen molar-refractivity contribution < 1.29 is 0 Å². The number of aromatic nitrogens is 2. The van der Waals surface area contributed by atoms with Crippen molar-refractivity contribution in [2.24, 2.45) is 0 Å². The molecule has 1 aromatic heterocycles. The van der Waals surface area contributed by atoms with Crippen molar-refractivity contribution in [3.05, 3.63) is 0 Å². The van der Waals surface area contributed by atoms with E-state index in [1.165, 1.54) is 11.3 Å². The van der Waals surface area contributed by atoms with Crippen molar-refractivity contribution in [3.8, 4) is 0 Å². The molecule has 2 N–H and O–H groups in total. The number of anilines is 1. The first kappa shape index (κ1) is 10.7. The lowest BCUT2D eigenvalue weighted by Gasteiger charge is -1.82. The van der Waals surface area contributed by atoms with Crippen LogP contribution in [0.15, 0.2) is 4.34 Å². The maximum Gasteiger partial charge on any atom is 0.203 e. The highest BCUT2D eigenvalue weighted by molar-refractivity contribution is 8.01. The van der Waals surface area contributed by atoms with E-state index in [0.29, 0.717) is 5.13 Å². The number of nitrogens with two attached hydrogens (primary N) is 1. The summed E-state index contributed by atoms with van der Waals surface area (Å²) in [6, 6.07) is 0. The summed E-state index contributed by atoms with van der Waals surface area (Å²) in [5.41, 5.74) is 5.34. The zero-order valence-corrected chi connectivity index (χ0v) is 8.63. The molecule has 1 rings (SSSR count). The highest BCUT2D eigenvalue weighted by Gasteiger charge is 1.97. The molecule has 1 aromatic rings. The van der Waals surface area contributed by atoms with Crippen LogP contribution in [0.2, 0.25) is 0 Å². The van der Waals surface area contributed by atoms with Gasteiger partial charge in [0.15, 0.2) is 4.34 Å². The molecule has 64 valence electrons. The minimum Gasteiger partial charge on any atom is -0.374 e. The summed E-state index contributed by atoms with van der Waals surface area (Å²) in [5.74, 6) is 1.02. The summed E-state index contributed by atoms with van der Waals surface area (Å²) in [5, 5.41) is 8.02. The first-order chi connectivity index (χ1) is 5.33. The number of rotatable bonds is 2. The lowest BCUT2D eigenvalue weighted by molar-refractivity contribution is 1.02. The van der Waals surface area contributed by atoms with Crippen molar-refractivity contribution in [1.82, 2.24) is 10.2 Å². The minimum atomic E-state index is 0.547. The van der Waals surface area contributed by atoms with Crippen LogP contribution in [0.5, 0.6) is 0 Å². The van der Waals surface area contributed by atoms with Crippen molar-refractivity contribution >= 4 is 28.2 Å². The third kappa shape index (κ3) is 4.21. The Morgan fingerprint density at radius 3 is 2.45 bits per heavy atom. The van der Waals surface area contributed by atoms with Crippen LogP contribution in [0.4, 0.5) is 5.13 Å². The van der Waals surface area contributed by atoms with Gasteiger partial charge in [0.05, 0.1) is 0 Å². The first-order valence-electron chi connectivity index (χ1n) is 3.54. The second-order valence-electron chi connectivity index (χ2n) is 1.34. The average Bonchev–Trinajstić information content (AvgIpc) is 2.41. The number of hydrogen-bond acceptors (Lipinski definition) is 5. The van der Waals surface area contributed by atoms with Crippen LogP contribution in [0.3, 0.4) is 0 Å². The Morgan fingerprint density at radius 1 is 1.45 bits per heavy atom. The highest BCUT2D eigenvalue weighted by atomic mass is 32.2. The van der Waals surface area contributed by atoms with Crippen LogP contribution in [0.1, 0.15) is 20.8 Å². The van der Waals surface area contributed by atoms with Gasteiger partial charge in [-0.1, -0.05) is 43.9 Å². The van der Waals surface area contributed by atoms with Crippen molar-refractivity contribution in [2.45, 2.75) is 25.1 Å². The van der Waals surface area contributed by atoms with Crippen LogP contribution in [-0.4, -0.2) is 16.0 Å². The van der Waals surface area contributed by atoms with E-state index in [1.807, 2.05) is 13.8 Å². The fraction of sp³-hybridized carbons (Fsp3) is 0.667. The molecule has 0 aliphatic carbocycles. The molecule has 5 heteroatoms. The van der Waals surface area contributed by atoms with Crippen LogP contribution in [0.25, 0.3) is 0 Å². The topological polar surface area (TPSA) is 51.8 Å². The summed E-state index contributed by atoms with van der Waals surface area (Å²) >= 11 is 3.09. The fourth-order valence-electron chi connectivity index (χ4n) is 0.402. The molecule has 0 amide bonds. The third-order valence-corrected chi connectivity index (χ3v) is 2.46. The van der Waals surface area contributed by atoms with Crippen molar-refractivity contribution in [3.63, 3.8) is 0 Å². The van der Waals surface area contributed by atoms with Gasteiger partial charge in [0.25, 0.3) is 0 Å². The zero-order valence-electron chi connectivity index (χ0n) is 7.00. The van der Waals surface area contributed by atoms with E-state index in [2.05, 4.69) is 17.1 Å². The lowest BCUT2D eigenvalue weighted by Crippen LogP contribution is -1.79. The van der Waals surface area contributed by atoms with Gasteiger partial charge in [0.1, 0.15) is 0 Å². The Bertz CT molecular complexity index is 188. The highest BCUT2D eigenvalue weighted by Crippen LogP contribution is 2.22. The summed E-state index contributed by atoms with van der Waals surface area (Å²) in [7, 11) is 0. The predicted octanol–water partition coefficient (Wildman–Crippen LogP) is 2.26. The molecular weight excluding hydrogens is 178 g/mol. The Kier molecular flexibility index (Phi) is 6.25. The largest absolute Gasteiger partial charge is 0.374 e. The molecule has 0 saturated heterocycles. The number of nitrogens with zero attached hydrogens (tertiary/aromatic N) is 2. The molecule has 0 saturated carbocycles. The van der Waals surface area contributed by atoms with E-state index < -0.39 is 0 Å². The summed E-state index contributed by atoms with van der Waals surface area (Å²) in [6.07, 6.45) is 0. The van der Waals surface area contributed by atoms with Crippen molar-refractivity contribution in [2.75, 3.05) is 11.5 Å². The van der Waals surface area contributed by atoms with Gasteiger partial charge in [-0.05, 0) is 5.75 Å². The van der Waals surface area contributed by atoms with E-state index in [1.54, 1.807) is 11.8 Å². The van der Waals surface area contributed by atoms with E-state index in [0.717, 1.165) is 10.1 Å². The van der Waals surface area contributed by atoms with E-state index in [-0.39, 0.29) is 0 Å². The second kappa shape index (κ2) is 6.42. The predicted molar refractivity (Wildman–Crippen MR) is 52.1 cm³/mol. The average molecular weight is 191 g/mol. The van der Waals surface area contributed by atoms with Gasteiger partial charge in [-0.15, -0.1) is 10.2 Å². The van der Waals surface area contributed by atoms with Crippen LogP contribution in [0, 0.1) is 0 Å². The molecule has 0 radical (unpaired) electrons. The van der Waals surface area contributed by atoms with Crippen LogP contribution >= 0.6 is 23.1 Å². The van der Waals surface area contributed by atoms with Gasteiger partial charge < -0.3 is 5.73 Å². The Balaban J connectivity index is 0.000000461. The molecule has 0 bridgehead atoms. The monoisotopic (exact) mass is 191 g/mol. The van der Waals surface area contributed by atoms with E-state index >= 15 is 0 Å². The maximum absolute atomic E-state index is 5.34. The molecule has 0 fully saturated rings. The van der Waals surface area contributed by atoms with Gasteiger partial charge in [-0.25, -0.2) is 0 Å². The molecule has 0 aromatic carbocycles. The molecule has 0 spiro atoms. The number of thioether (sulfide) groups is 1. The standard InChI is InChI=1S/C4H7N3S2.C2H6/c1-2-8-4-7-6-3(5)9-4;1-2/h2H2,1H3,(H2,5,6);1-2H3. The molecule has 11 heavy (non-hydrogen) atoms. The van der Waals surface area contributed by atoms with Gasteiger partial charge in [0.2, 0.25) is 5.13 Å². The molecule has 0 aliphatic rings. The second-order valence-corrected chi connectivity index (χ2v) is 3.86. The normalized spacial score (nSPS) is 8.64. The molecule has 0 unspecified atom stereocenters. The molecule has 0 atom stereocenters. The molecular formula is C6H13N3S2. The van der Waals surface area contributed by atoms with Crippen LogP contribution < -0.4 is 5.73 Å². The maximum atomic E-state index is 5.34. The first-order valence-corrected chi connectivity index (χ1v) is 5.35. The Hall–Kier alpha value is -0.290. The number of hydrogen-bond donors (Lipinski definition) is 1. The summed E-state index contributed by atoms with van der Waals surface area (Å²) in [4.78, 5) is 0. The fourth-order valence-corrected chi connectivity index (χ4v) is 1.94. The van der Waals surface area contributed by atoms with Gasteiger partial charge in [0, 0.05) is 0 Å². The van der Waals surface area contributed by atoms with Gasteiger partial charge in [-0.3, -0.25) is 0 Å². The molecule has 1 heterocycles. The SMILES string of the molecule is CC.CCSc1nnc(N)s1. The smallest absolute Gasteiger partial charge is 0.203 e. The summed E-state index contributed by atoms with van der Waals surface area (Å²) < 4.78 is 0.954. The van der Waals surface area contributed by atoms with E-state index in [4.69, 9.17) is 5.73 Å². The molecule has 0 aliphatic heterocycles. The number of nitrogen functional groups attached to an aromatic ring is 1. The third-order valence-electron chi connectivity index (χ3n) is 0.690. The Labute approximate surface area is 75.4 Å². The lowest BCUT2D eigenvalue weighted by atomic mass is 11.0. The van der Waals surface area contributed by atoms with E-state index in [9.17, 15) is 0 Å². The van der Waals surface area contributed by atoms with Gasteiger partial charge in [-0.2, -0.15) is 0 Å². The quantitative estimate of drug-likeness (QED) is 0.728. The zero-order chi connectivity index (χ0) is 8.69. The summed E-state index contributed by atoms with van der Waals surface area (Å²) in [6.45, 7) is 6.07. The van der Waals surface area contributed by atoms with Crippen molar-refractivity contribution in [1.29, 1.82) is 0 Å².